The van der Waals surface area contributed by atoms with E-state index in [2.05, 4.69) is 6.92 Å². The predicted octanol–water partition coefficient (Wildman–Crippen LogP) is 4.67. The molecule has 9 heteroatoms. The third-order valence-electron chi connectivity index (χ3n) is 5.36. The lowest BCUT2D eigenvalue weighted by Crippen LogP contribution is -2.48. The van der Waals surface area contributed by atoms with Crippen LogP contribution >= 0.6 is 0 Å². The Bertz CT molecular complexity index is 576. The van der Waals surface area contributed by atoms with Crippen LogP contribution in [0.25, 0.3) is 0 Å². The molecule has 30 heavy (non-hydrogen) atoms. The van der Waals surface area contributed by atoms with Crippen LogP contribution in [-0.4, -0.2) is 53.1 Å². The molecule has 8 nitrogen and oxygen atoms in total. The molecule has 0 aromatic carbocycles. The minimum atomic E-state index is -5.10. The van der Waals surface area contributed by atoms with Gasteiger partial charge in [-0.1, -0.05) is 84.0 Å². The summed E-state index contributed by atoms with van der Waals surface area (Å²) in [5.74, 6) is -3.51. The molecule has 1 unspecified atom stereocenters. The van der Waals surface area contributed by atoms with E-state index in [4.69, 9.17) is 9.84 Å². The highest BCUT2D eigenvalue weighted by molar-refractivity contribution is 7.88. The molecule has 178 valence electrons. The molecular weight excluding hydrogens is 412 g/mol. The second-order valence-corrected chi connectivity index (χ2v) is 9.68. The van der Waals surface area contributed by atoms with E-state index in [0.29, 0.717) is 6.61 Å². The molecule has 0 fully saturated rings. The number of carboxylic acid groups (broad SMARTS) is 2. The molecular formula is C21H40O8S. The highest BCUT2D eigenvalue weighted by Gasteiger charge is 2.52. The summed E-state index contributed by atoms with van der Waals surface area (Å²) >= 11 is 0. The zero-order chi connectivity index (χ0) is 22.9. The average Bonchev–Trinajstić information content (AvgIpc) is 2.65. The van der Waals surface area contributed by atoms with Crippen molar-refractivity contribution in [3.8, 4) is 0 Å². The number of aliphatic carboxylic acids is 2. The van der Waals surface area contributed by atoms with Crippen molar-refractivity contribution in [1.82, 2.24) is 0 Å². The first-order valence-electron chi connectivity index (χ1n) is 11.2. The smallest absolute Gasteiger partial charge is 0.328 e. The molecule has 0 aliphatic rings. The Balaban J connectivity index is 3.81. The van der Waals surface area contributed by atoms with Crippen molar-refractivity contribution in [2.75, 3.05) is 13.2 Å². The maximum atomic E-state index is 11.5. The van der Waals surface area contributed by atoms with E-state index < -0.39 is 39.6 Å². The molecule has 0 aliphatic heterocycles. The molecule has 0 aromatic rings. The number of carbonyl (C=O) groups is 2. The number of rotatable bonds is 21. The normalized spacial score (nSPS) is 13.8. The van der Waals surface area contributed by atoms with E-state index in [1.165, 1.54) is 64.2 Å². The summed E-state index contributed by atoms with van der Waals surface area (Å²) in [5, 5.41) is 18.0. The van der Waals surface area contributed by atoms with Crippen LogP contribution in [-0.2, 0) is 24.4 Å². The summed E-state index contributed by atoms with van der Waals surface area (Å²) in [7, 11) is -5.10. The van der Waals surface area contributed by atoms with Crippen molar-refractivity contribution in [3.05, 3.63) is 0 Å². The SMILES string of the molecule is CCCCCCCCCCCCCCCOCCC(CC(=O)O)(C(=O)O)S(=O)(=O)O. The molecule has 0 rings (SSSR count). The maximum absolute atomic E-state index is 11.5. The Morgan fingerprint density at radius 1 is 0.767 bits per heavy atom. The molecule has 0 spiro atoms. The van der Waals surface area contributed by atoms with E-state index in [1.807, 2.05) is 0 Å². The summed E-state index contributed by atoms with van der Waals surface area (Å²) in [6.45, 7) is 2.31. The summed E-state index contributed by atoms with van der Waals surface area (Å²) < 4.78 is 34.7. The number of carboxylic acids is 2. The molecule has 0 saturated carbocycles. The van der Waals surface area contributed by atoms with Crippen LogP contribution in [0.4, 0.5) is 0 Å². The van der Waals surface area contributed by atoms with Crippen LogP contribution < -0.4 is 0 Å². The predicted molar refractivity (Wildman–Crippen MR) is 115 cm³/mol. The quantitative estimate of drug-likeness (QED) is 0.169. The zero-order valence-electron chi connectivity index (χ0n) is 18.3. The van der Waals surface area contributed by atoms with Gasteiger partial charge in [0.15, 0.2) is 0 Å². The van der Waals surface area contributed by atoms with Crippen LogP contribution in [0.1, 0.15) is 103 Å². The van der Waals surface area contributed by atoms with Crippen molar-refractivity contribution in [3.63, 3.8) is 0 Å². The van der Waals surface area contributed by atoms with Gasteiger partial charge in [0.1, 0.15) is 0 Å². The second-order valence-electron chi connectivity index (χ2n) is 7.95. The van der Waals surface area contributed by atoms with Crippen LogP contribution in [0, 0.1) is 0 Å². The highest BCUT2D eigenvalue weighted by Crippen LogP contribution is 2.26. The molecule has 1 atom stereocenters. The fourth-order valence-corrected chi connectivity index (χ4v) is 4.27. The summed E-state index contributed by atoms with van der Waals surface area (Å²) in [6.07, 6.45) is 13.9. The first kappa shape index (κ1) is 28.8. The van der Waals surface area contributed by atoms with Crippen molar-refractivity contribution in [2.24, 2.45) is 0 Å². The van der Waals surface area contributed by atoms with Gasteiger partial charge in [-0.15, -0.1) is 0 Å². The van der Waals surface area contributed by atoms with Crippen molar-refractivity contribution < 1.29 is 37.5 Å². The number of unbranched alkanes of at least 4 members (excludes halogenated alkanes) is 12. The molecule has 0 aliphatic carbocycles. The molecule has 0 aromatic heterocycles. The maximum Gasteiger partial charge on any atom is 0.328 e. The average molecular weight is 453 g/mol. The number of ether oxygens (including phenoxy) is 1. The number of hydrogen-bond donors (Lipinski definition) is 3. The lowest BCUT2D eigenvalue weighted by molar-refractivity contribution is -0.147. The molecule has 0 amide bonds. The van der Waals surface area contributed by atoms with Crippen molar-refractivity contribution in [2.45, 2.75) is 108 Å². The van der Waals surface area contributed by atoms with Crippen LogP contribution in [0.2, 0.25) is 0 Å². The van der Waals surface area contributed by atoms with E-state index in [0.717, 1.165) is 19.3 Å². The molecule has 0 saturated heterocycles. The number of hydrogen-bond acceptors (Lipinski definition) is 5. The van der Waals surface area contributed by atoms with Gasteiger partial charge in [-0.3, -0.25) is 14.1 Å². The van der Waals surface area contributed by atoms with Gasteiger partial charge >= 0.3 is 11.9 Å². The Morgan fingerprint density at radius 3 is 1.57 bits per heavy atom. The molecule has 0 bridgehead atoms. The van der Waals surface area contributed by atoms with Gasteiger partial charge in [0.2, 0.25) is 4.75 Å². The Hall–Kier alpha value is -1.19. The standard InChI is InChI=1S/C21H40O8S/c1-2-3-4-5-6-7-8-9-10-11-12-13-14-16-29-17-15-21(20(24)25,18-19(22)23)30(26,27)28/h2-18H2,1H3,(H,22,23)(H,24,25)(H,26,27,28). The first-order valence-corrected chi connectivity index (χ1v) is 12.6. The van der Waals surface area contributed by atoms with Crippen molar-refractivity contribution >= 4 is 22.1 Å². The van der Waals surface area contributed by atoms with E-state index >= 15 is 0 Å². The Labute approximate surface area is 181 Å². The third-order valence-corrected chi connectivity index (χ3v) is 6.87. The van der Waals surface area contributed by atoms with Crippen LogP contribution in [0.5, 0.6) is 0 Å². The van der Waals surface area contributed by atoms with Gasteiger partial charge in [0.25, 0.3) is 10.1 Å². The van der Waals surface area contributed by atoms with Gasteiger partial charge in [0, 0.05) is 19.6 Å². The van der Waals surface area contributed by atoms with Gasteiger partial charge in [-0.2, -0.15) is 8.42 Å². The largest absolute Gasteiger partial charge is 0.481 e. The van der Waals surface area contributed by atoms with Gasteiger partial charge in [-0.25, -0.2) is 0 Å². The molecule has 0 heterocycles. The summed E-state index contributed by atoms with van der Waals surface area (Å²) in [6, 6.07) is 0. The van der Waals surface area contributed by atoms with E-state index in [-0.39, 0.29) is 6.61 Å². The second kappa shape index (κ2) is 16.5. The van der Waals surface area contributed by atoms with E-state index in [1.54, 1.807) is 0 Å². The first-order chi connectivity index (χ1) is 14.2. The highest BCUT2D eigenvalue weighted by atomic mass is 32.2. The summed E-state index contributed by atoms with van der Waals surface area (Å²) in [5.41, 5.74) is 0. The minimum Gasteiger partial charge on any atom is -0.481 e. The lowest BCUT2D eigenvalue weighted by Gasteiger charge is -2.24. The molecule has 0 radical (unpaired) electrons. The fraction of sp³-hybridized carbons (Fsp3) is 0.905. The van der Waals surface area contributed by atoms with Gasteiger partial charge < -0.3 is 14.9 Å². The van der Waals surface area contributed by atoms with Gasteiger partial charge in [0.05, 0.1) is 6.42 Å². The summed E-state index contributed by atoms with van der Waals surface area (Å²) in [4.78, 5) is 22.2. The third kappa shape index (κ3) is 12.5. The van der Waals surface area contributed by atoms with Crippen LogP contribution in [0.15, 0.2) is 0 Å². The Kier molecular flexibility index (Phi) is 15.8. The fourth-order valence-electron chi connectivity index (χ4n) is 3.41. The van der Waals surface area contributed by atoms with Crippen LogP contribution in [0.3, 0.4) is 0 Å². The molecule has 3 N–H and O–H groups in total. The Morgan fingerprint density at radius 2 is 1.20 bits per heavy atom. The minimum absolute atomic E-state index is 0.252. The van der Waals surface area contributed by atoms with Crippen molar-refractivity contribution in [1.29, 1.82) is 0 Å². The van der Waals surface area contributed by atoms with E-state index in [9.17, 15) is 27.7 Å². The topological polar surface area (TPSA) is 138 Å². The zero-order valence-corrected chi connectivity index (χ0v) is 19.1. The monoisotopic (exact) mass is 452 g/mol. The van der Waals surface area contributed by atoms with Gasteiger partial charge in [-0.05, 0) is 6.42 Å². The lowest BCUT2D eigenvalue weighted by atomic mass is 10.0.